The van der Waals surface area contributed by atoms with Gasteiger partial charge in [0.2, 0.25) is 5.91 Å². The van der Waals surface area contributed by atoms with Gasteiger partial charge in [-0.1, -0.05) is 6.07 Å². The Morgan fingerprint density at radius 2 is 1.53 bits per heavy atom. The van der Waals surface area contributed by atoms with Crippen LogP contribution in [0.3, 0.4) is 0 Å². The predicted octanol–water partition coefficient (Wildman–Crippen LogP) is -0.123. The number of pyridine rings is 1. The summed E-state index contributed by atoms with van der Waals surface area (Å²) < 4.78 is 0. The molecule has 172 valence electrons. The third-order valence-corrected chi connectivity index (χ3v) is 7.02. The minimum atomic E-state index is -0.834. The van der Waals surface area contributed by atoms with E-state index in [0.717, 1.165) is 65.4 Å². The molecule has 4 heterocycles. The summed E-state index contributed by atoms with van der Waals surface area (Å²) in [4.78, 5) is 38.3. The molecule has 3 aliphatic heterocycles. The molecule has 0 saturated carbocycles. The Kier molecular flexibility index (Phi) is 7.35. The van der Waals surface area contributed by atoms with E-state index in [2.05, 4.69) is 26.2 Å². The SMILES string of the molecule is N#CC1(C(=O)N2CCN(CCN3CCN(C(=O)c4ccccn4)CC3)CC2)CCNCC1. The number of carbonyl (C=O) groups is 2. The average molecular weight is 440 g/mol. The zero-order valence-electron chi connectivity index (χ0n) is 18.7. The molecule has 1 aromatic heterocycles. The first-order chi connectivity index (χ1) is 15.6. The largest absolute Gasteiger partial charge is 0.339 e. The smallest absolute Gasteiger partial charge is 0.272 e. The van der Waals surface area contributed by atoms with Crippen molar-refractivity contribution in [1.29, 1.82) is 5.26 Å². The first kappa shape index (κ1) is 22.6. The number of piperidine rings is 1. The molecule has 3 aliphatic rings. The minimum absolute atomic E-state index is 0.00919. The fourth-order valence-corrected chi connectivity index (χ4v) is 4.81. The molecule has 0 radical (unpaired) electrons. The number of aromatic nitrogens is 1. The van der Waals surface area contributed by atoms with Gasteiger partial charge in [-0.25, -0.2) is 0 Å². The molecule has 9 nitrogen and oxygen atoms in total. The van der Waals surface area contributed by atoms with Gasteiger partial charge in [-0.2, -0.15) is 5.26 Å². The Balaban J connectivity index is 1.17. The first-order valence-electron chi connectivity index (χ1n) is 11.7. The Morgan fingerprint density at radius 1 is 0.938 bits per heavy atom. The highest BCUT2D eigenvalue weighted by molar-refractivity contribution is 5.92. The maximum Gasteiger partial charge on any atom is 0.272 e. The number of hydrogen-bond acceptors (Lipinski definition) is 7. The number of rotatable bonds is 5. The van der Waals surface area contributed by atoms with E-state index < -0.39 is 5.41 Å². The number of hydrogen-bond donors (Lipinski definition) is 1. The van der Waals surface area contributed by atoms with Crippen LogP contribution in [0.25, 0.3) is 0 Å². The highest BCUT2D eigenvalue weighted by atomic mass is 16.2. The highest BCUT2D eigenvalue weighted by Gasteiger charge is 2.43. The molecule has 0 unspecified atom stereocenters. The van der Waals surface area contributed by atoms with Crippen LogP contribution in [0.2, 0.25) is 0 Å². The van der Waals surface area contributed by atoms with E-state index in [1.807, 2.05) is 21.9 Å². The van der Waals surface area contributed by atoms with Crippen molar-refractivity contribution >= 4 is 11.8 Å². The molecule has 0 aromatic carbocycles. The lowest BCUT2D eigenvalue weighted by molar-refractivity contribution is -0.142. The monoisotopic (exact) mass is 439 g/mol. The van der Waals surface area contributed by atoms with Gasteiger partial charge in [0.05, 0.1) is 6.07 Å². The summed E-state index contributed by atoms with van der Waals surface area (Å²) >= 11 is 0. The molecule has 0 atom stereocenters. The molecule has 2 amide bonds. The summed E-state index contributed by atoms with van der Waals surface area (Å²) in [6.45, 7) is 9.69. The van der Waals surface area contributed by atoms with E-state index in [4.69, 9.17) is 0 Å². The van der Waals surface area contributed by atoms with Gasteiger partial charge in [0.25, 0.3) is 5.91 Å². The molecule has 4 rings (SSSR count). The van der Waals surface area contributed by atoms with Gasteiger partial charge in [0.15, 0.2) is 0 Å². The molecular formula is C23H33N7O2. The summed E-state index contributed by atoms with van der Waals surface area (Å²) in [7, 11) is 0. The summed E-state index contributed by atoms with van der Waals surface area (Å²) in [5.41, 5.74) is -0.323. The number of nitrogens with one attached hydrogen (secondary N) is 1. The molecule has 3 saturated heterocycles. The number of carbonyl (C=O) groups excluding carboxylic acids is 2. The Labute approximate surface area is 190 Å². The lowest BCUT2D eigenvalue weighted by atomic mass is 9.79. The van der Waals surface area contributed by atoms with Crippen LogP contribution in [0.4, 0.5) is 0 Å². The van der Waals surface area contributed by atoms with Crippen molar-refractivity contribution < 1.29 is 9.59 Å². The normalized spacial score (nSPS) is 22.3. The number of nitrogens with zero attached hydrogens (tertiary/aromatic N) is 6. The van der Waals surface area contributed by atoms with E-state index in [1.54, 1.807) is 12.3 Å². The molecular weight excluding hydrogens is 406 g/mol. The Bertz CT molecular complexity index is 818. The second-order valence-corrected chi connectivity index (χ2v) is 8.93. The molecule has 3 fully saturated rings. The van der Waals surface area contributed by atoms with Crippen molar-refractivity contribution in [3.8, 4) is 6.07 Å². The van der Waals surface area contributed by atoms with E-state index in [0.29, 0.717) is 31.6 Å². The topological polar surface area (TPSA) is 95.8 Å². The molecule has 0 aliphatic carbocycles. The standard InChI is InChI=1S/C23H33N7O2/c24-19-23(4-7-25-8-5-23)22(32)30-17-13-28(14-18-30)10-9-27-11-15-29(16-12-27)21(31)20-3-1-2-6-26-20/h1-3,6,25H,4-5,7-18H2. The molecule has 0 spiro atoms. The van der Waals surface area contributed by atoms with E-state index >= 15 is 0 Å². The predicted molar refractivity (Wildman–Crippen MR) is 120 cm³/mol. The summed E-state index contributed by atoms with van der Waals surface area (Å²) in [6.07, 6.45) is 2.87. The second kappa shape index (κ2) is 10.4. The second-order valence-electron chi connectivity index (χ2n) is 8.93. The van der Waals surface area contributed by atoms with E-state index in [1.165, 1.54) is 0 Å². The summed E-state index contributed by atoms with van der Waals surface area (Å²) in [5.74, 6) is 0.0322. The molecule has 32 heavy (non-hydrogen) atoms. The van der Waals surface area contributed by atoms with Gasteiger partial charge in [-0.05, 0) is 38.1 Å². The highest BCUT2D eigenvalue weighted by Crippen LogP contribution is 2.30. The van der Waals surface area contributed by atoms with Gasteiger partial charge in [0.1, 0.15) is 11.1 Å². The maximum atomic E-state index is 13.0. The Hall–Kier alpha value is -2.54. The van der Waals surface area contributed by atoms with Crippen LogP contribution >= 0.6 is 0 Å². The van der Waals surface area contributed by atoms with Crippen LogP contribution in [-0.4, -0.2) is 115 Å². The number of nitriles is 1. The first-order valence-corrected chi connectivity index (χ1v) is 11.7. The quantitative estimate of drug-likeness (QED) is 0.683. The molecule has 1 N–H and O–H groups in total. The van der Waals surface area contributed by atoms with Gasteiger partial charge in [-0.15, -0.1) is 0 Å². The maximum absolute atomic E-state index is 13.0. The van der Waals surface area contributed by atoms with Crippen LogP contribution in [0.1, 0.15) is 23.3 Å². The fourth-order valence-electron chi connectivity index (χ4n) is 4.81. The van der Waals surface area contributed by atoms with Crippen LogP contribution < -0.4 is 5.32 Å². The van der Waals surface area contributed by atoms with Gasteiger partial charge >= 0.3 is 0 Å². The Morgan fingerprint density at radius 3 is 2.06 bits per heavy atom. The lowest BCUT2D eigenvalue weighted by Crippen LogP contribution is -2.56. The number of piperazine rings is 2. The van der Waals surface area contributed by atoms with Gasteiger partial charge in [0, 0.05) is 71.6 Å². The third kappa shape index (κ3) is 5.09. The van der Waals surface area contributed by atoms with Gasteiger partial charge < -0.3 is 15.1 Å². The average Bonchev–Trinajstić information content (AvgIpc) is 2.88. The molecule has 0 bridgehead atoms. The van der Waals surface area contributed by atoms with Crippen molar-refractivity contribution in [2.24, 2.45) is 5.41 Å². The van der Waals surface area contributed by atoms with Crippen LogP contribution in [0.15, 0.2) is 24.4 Å². The minimum Gasteiger partial charge on any atom is -0.339 e. The van der Waals surface area contributed by atoms with Crippen molar-refractivity contribution in [3.05, 3.63) is 30.1 Å². The van der Waals surface area contributed by atoms with Crippen LogP contribution in [-0.2, 0) is 4.79 Å². The fraction of sp³-hybridized carbons (Fsp3) is 0.652. The van der Waals surface area contributed by atoms with Crippen molar-refractivity contribution in [1.82, 2.24) is 29.9 Å². The molecule has 9 heteroatoms. The van der Waals surface area contributed by atoms with E-state index in [9.17, 15) is 14.9 Å². The summed E-state index contributed by atoms with van der Waals surface area (Å²) in [6, 6.07) is 7.76. The third-order valence-electron chi connectivity index (χ3n) is 7.02. The van der Waals surface area contributed by atoms with Crippen LogP contribution in [0.5, 0.6) is 0 Å². The van der Waals surface area contributed by atoms with Crippen molar-refractivity contribution in [2.45, 2.75) is 12.8 Å². The lowest BCUT2D eigenvalue weighted by Gasteiger charge is -2.41. The zero-order chi connectivity index (χ0) is 22.4. The molecule has 1 aromatic rings. The number of amides is 2. The summed E-state index contributed by atoms with van der Waals surface area (Å²) in [5, 5.41) is 12.9. The van der Waals surface area contributed by atoms with Gasteiger partial charge in [-0.3, -0.25) is 24.4 Å². The van der Waals surface area contributed by atoms with Crippen LogP contribution in [0, 0.1) is 16.7 Å². The van der Waals surface area contributed by atoms with Crippen molar-refractivity contribution in [3.63, 3.8) is 0 Å². The van der Waals surface area contributed by atoms with E-state index in [-0.39, 0.29) is 11.8 Å². The zero-order valence-corrected chi connectivity index (χ0v) is 18.7. The van der Waals surface area contributed by atoms with Crippen molar-refractivity contribution in [2.75, 3.05) is 78.5 Å².